The van der Waals surface area contributed by atoms with Crippen LogP contribution in [0.5, 0.6) is 0 Å². The van der Waals surface area contributed by atoms with E-state index >= 15 is 0 Å². The number of hydrogen-bond acceptors (Lipinski definition) is 6. The molecule has 0 atom stereocenters. The molecule has 0 saturated carbocycles. The van der Waals surface area contributed by atoms with Gasteiger partial charge in [-0.3, -0.25) is 10.1 Å². The lowest BCUT2D eigenvalue weighted by Crippen LogP contribution is -2.01. The van der Waals surface area contributed by atoms with Crippen LogP contribution in [0.25, 0.3) is 5.69 Å². The molecule has 122 valence electrons. The van der Waals surface area contributed by atoms with Crippen LogP contribution in [0, 0.1) is 22.9 Å². The van der Waals surface area contributed by atoms with Gasteiger partial charge in [-0.05, 0) is 35.5 Å². The highest BCUT2D eigenvalue weighted by Crippen LogP contribution is 2.29. The number of aromatic nitrogens is 4. The van der Waals surface area contributed by atoms with Gasteiger partial charge in [-0.1, -0.05) is 35.5 Å². The molecular formula is C15H12FN5O2S. The Kier molecular flexibility index (Phi) is 4.52. The fourth-order valence-corrected chi connectivity index (χ4v) is 3.03. The first kappa shape index (κ1) is 16.1. The van der Waals surface area contributed by atoms with Crippen molar-refractivity contribution < 1.29 is 9.31 Å². The molecule has 3 aromatic rings. The molecule has 0 aliphatic carbocycles. The molecule has 0 unspecified atom stereocenters. The van der Waals surface area contributed by atoms with Crippen molar-refractivity contribution in [2.24, 2.45) is 0 Å². The van der Waals surface area contributed by atoms with Crippen LogP contribution in [0.3, 0.4) is 0 Å². The lowest BCUT2D eigenvalue weighted by Gasteiger charge is -2.06. The molecule has 0 saturated heterocycles. The summed E-state index contributed by atoms with van der Waals surface area (Å²) in [4.78, 5) is 10.4. The van der Waals surface area contributed by atoms with Crippen molar-refractivity contribution in [2.75, 3.05) is 0 Å². The Labute approximate surface area is 140 Å². The van der Waals surface area contributed by atoms with E-state index in [1.807, 2.05) is 31.2 Å². The molecule has 3 rings (SSSR count). The number of thioether (sulfide) groups is 1. The number of nitro benzene ring substituents is 1. The van der Waals surface area contributed by atoms with Gasteiger partial charge in [0, 0.05) is 11.8 Å². The summed E-state index contributed by atoms with van der Waals surface area (Å²) in [6, 6.07) is 11.4. The molecular weight excluding hydrogens is 333 g/mol. The Morgan fingerprint density at radius 3 is 2.71 bits per heavy atom. The van der Waals surface area contributed by atoms with Crippen LogP contribution in [0.2, 0.25) is 0 Å². The number of tetrazole rings is 1. The highest BCUT2D eigenvalue weighted by Gasteiger charge is 2.19. The maximum atomic E-state index is 13.9. The molecule has 0 radical (unpaired) electrons. The van der Waals surface area contributed by atoms with Gasteiger partial charge in [0.15, 0.2) is 0 Å². The topological polar surface area (TPSA) is 86.7 Å². The molecule has 7 nitrogen and oxygen atoms in total. The molecule has 0 bridgehead atoms. The second kappa shape index (κ2) is 6.75. The van der Waals surface area contributed by atoms with E-state index in [9.17, 15) is 14.5 Å². The molecule has 0 amide bonds. The van der Waals surface area contributed by atoms with Gasteiger partial charge >= 0.3 is 0 Å². The maximum absolute atomic E-state index is 13.9. The number of nitro groups is 1. The fraction of sp³-hybridized carbons (Fsp3) is 0.133. The van der Waals surface area contributed by atoms with Crippen LogP contribution in [0.4, 0.5) is 10.1 Å². The van der Waals surface area contributed by atoms with E-state index < -0.39 is 10.7 Å². The summed E-state index contributed by atoms with van der Waals surface area (Å²) >= 11 is 1.13. The highest BCUT2D eigenvalue weighted by atomic mass is 32.2. The van der Waals surface area contributed by atoms with E-state index in [4.69, 9.17) is 0 Å². The Balaban J connectivity index is 1.86. The Hall–Kier alpha value is -2.81. The standard InChI is InChI=1S/C15H12FN5O2S/c1-10-5-7-11(8-6-10)20-15(17-18-19-20)24-9-12-13(16)3-2-4-14(12)21(22)23/h2-8H,9H2,1H3. The first-order valence-electron chi connectivity index (χ1n) is 6.96. The zero-order chi connectivity index (χ0) is 17.1. The first-order valence-corrected chi connectivity index (χ1v) is 7.95. The van der Waals surface area contributed by atoms with Gasteiger partial charge in [-0.2, -0.15) is 4.68 Å². The molecule has 0 spiro atoms. The Morgan fingerprint density at radius 2 is 2.00 bits per heavy atom. The van der Waals surface area contributed by atoms with Crippen molar-refractivity contribution in [3.05, 3.63) is 69.5 Å². The summed E-state index contributed by atoms with van der Waals surface area (Å²) in [6.45, 7) is 1.97. The van der Waals surface area contributed by atoms with E-state index in [1.54, 1.807) is 0 Å². The summed E-state index contributed by atoms with van der Waals surface area (Å²) < 4.78 is 15.4. The monoisotopic (exact) mass is 345 g/mol. The van der Waals surface area contributed by atoms with Crippen LogP contribution >= 0.6 is 11.8 Å². The molecule has 0 N–H and O–H groups in total. The van der Waals surface area contributed by atoms with Crippen molar-refractivity contribution in [3.8, 4) is 5.69 Å². The van der Waals surface area contributed by atoms with Crippen molar-refractivity contribution >= 4 is 17.4 Å². The largest absolute Gasteiger partial charge is 0.276 e. The first-order chi connectivity index (χ1) is 11.6. The second-order valence-corrected chi connectivity index (χ2v) is 5.93. The number of nitrogens with zero attached hydrogens (tertiary/aromatic N) is 5. The van der Waals surface area contributed by atoms with Crippen LogP contribution in [0.1, 0.15) is 11.1 Å². The number of rotatable bonds is 5. The quantitative estimate of drug-likeness (QED) is 0.400. The third kappa shape index (κ3) is 3.25. The molecule has 2 aromatic carbocycles. The molecule has 24 heavy (non-hydrogen) atoms. The lowest BCUT2D eigenvalue weighted by atomic mass is 10.2. The molecule has 0 aliphatic heterocycles. The van der Waals surface area contributed by atoms with Gasteiger partial charge in [0.05, 0.1) is 16.2 Å². The molecule has 1 heterocycles. The van der Waals surface area contributed by atoms with E-state index in [0.717, 1.165) is 23.0 Å². The average Bonchev–Trinajstić information content (AvgIpc) is 3.02. The average molecular weight is 345 g/mol. The van der Waals surface area contributed by atoms with E-state index in [1.165, 1.54) is 22.9 Å². The number of hydrogen-bond donors (Lipinski definition) is 0. The fourth-order valence-electron chi connectivity index (χ4n) is 2.11. The minimum Gasteiger partial charge on any atom is -0.258 e. The predicted molar refractivity (Wildman–Crippen MR) is 86.5 cm³/mol. The number of halogens is 1. The van der Waals surface area contributed by atoms with E-state index in [0.29, 0.717) is 5.16 Å². The van der Waals surface area contributed by atoms with Gasteiger partial charge < -0.3 is 0 Å². The van der Waals surface area contributed by atoms with Crippen LogP contribution in [-0.2, 0) is 5.75 Å². The van der Waals surface area contributed by atoms with E-state index in [2.05, 4.69) is 15.5 Å². The third-order valence-corrected chi connectivity index (χ3v) is 4.30. The Morgan fingerprint density at radius 1 is 1.25 bits per heavy atom. The number of aryl methyl sites for hydroxylation is 1. The van der Waals surface area contributed by atoms with Gasteiger partial charge in [0.1, 0.15) is 5.82 Å². The van der Waals surface area contributed by atoms with Crippen molar-refractivity contribution in [2.45, 2.75) is 17.8 Å². The summed E-state index contributed by atoms with van der Waals surface area (Å²) in [6.07, 6.45) is 0. The van der Waals surface area contributed by atoms with Crippen molar-refractivity contribution in [1.29, 1.82) is 0 Å². The lowest BCUT2D eigenvalue weighted by molar-refractivity contribution is -0.385. The summed E-state index contributed by atoms with van der Waals surface area (Å²) in [5.74, 6) is -0.569. The summed E-state index contributed by atoms with van der Waals surface area (Å²) in [5, 5.41) is 22.9. The zero-order valence-corrected chi connectivity index (χ0v) is 13.4. The van der Waals surface area contributed by atoms with Crippen molar-refractivity contribution in [1.82, 2.24) is 20.2 Å². The molecule has 0 fully saturated rings. The SMILES string of the molecule is Cc1ccc(-n2nnnc2SCc2c(F)cccc2[N+](=O)[O-])cc1. The van der Waals surface area contributed by atoms with Gasteiger partial charge in [-0.15, -0.1) is 5.10 Å². The predicted octanol–water partition coefficient (Wildman–Crippen LogP) is 3.31. The molecule has 1 aromatic heterocycles. The van der Waals surface area contributed by atoms with Gasteiger partial charge in [0.25, 0.3) is 5.69 Å². The number of benzene rings is 2. The van der Waals surface area contributed by atoms with Crippen LogP contribution < -0.4 is 0 Å². The van der Waals surface area contributed by atoms with Gasteiger partial charge in [-0.25, -0.2) is 4.39 Å². The normalized spacial score (nSPS) is 10.8. The maximum Gasteiger partial charge on any atom is 0.276 e. The third-order valence-electron chi connectivity index (χ3n) is 3.36. The smallest absolute Gasteiger partial charge is 0.258 e. The Bertz CT molecular complexity index is 882. The van der Waals surface area contributed by atoms with Crippen molar-refractivity contribution in [3.63, 3.8) is 0 Å². The highest BCUT2D eigenvalue weighted by molar-refractivity contribution is 7.98. The van der Waals surface area contributed by atoms with Gasteiger partial charge in [0.2, 0.25) is 5.16 Å². The summed E-state index contributed by atoms with van der Waals surface area (Å²) in [5.41, 5.74) is 1.63. The zero-order valence-electron chi connectivity index (χ0n) is 12.6. The molecule has 0 aliphatic rings. The second-order valence-electron chi connectivity index (χ2n) is 4.99. The van der Waals surface area contributed by atoms with E-state index in [-0.39, 0.29) is 17.0 Å². The summed E-state index contributed by atoms with van der Waals surface area (Å²) in [7, 11) is 0. The molecule has 9 heteroatoms. The van der Waals surface area contributed by atoms with Crippen LogP contribution in [-0.4, -0.2) is 25.1 Å². The minimum absolute atomic E-state index is 0.0194. The minimum atomic E-state index is -0.619. The van der Waals surface area contributed by atoms with Crippen LogP contribution in [0.15, 0.2) is 47.6 Å².